The fraction of sp³-hybridized carbons (Fsp3) is 0.182. The molecule has 1 heterocycles. The summed E-state index contributed by atoms with van der Waals surface area (Å²) in [6, 6.07) is 14.4. The van der Waals surface area contributed by atoms with Crippen LogP contribution in [0.3, 0.4) is 0 Å². The molecule has 0 saturated heterocycles. The van der Waals surface area contributed by atoms with Crippen LogP contribution in [0.2, 0.25) is 5.15 Å². The van der Waals surface area contributed by atoms with Gasteiger partial charge in [0, 0.05) is 10.0 Å². The number of amides is 2. The summed E-state index contributed by atoms with van der Waals surface area (Å²) in [5.74, 6) is 0.164. The Morgan fingerprint density at radius 1 is 1.07 bits per heavy atom. The van der Waals surface area contributed by atoms with Crippen molar-refractivity contribution in [2.24, 2.45) is 0 Å². The van der Waals surface area contributed by atoms with Gasteiger partial charge in [-0.1, -0.05) is 66.5 Å². The average Bonchev–Trinajstić information content (AvgIpc) is 2.66. The number of ether oxygens (including phenoxy) is 1. The molecule has 0 aliphatic carbocycles. The molecule has 8 heteroatoms. The molecule has 0 atom stereocenters. The quantitative estimate of drug-likeness (QED) is 0.374. The first-order chi connectivity index (χ1) is 14.1. The first-order valence-corrected chi connectivity index (χ1v) is 10.3. The fourth-order valence-corrected chi connectivity index (χ4v) is 3.21. The number of nitrogens with one attached hydrogen (secondary N) is 2. The van der Waals surface area contributed by atoms with Crippen molar-refractivity contribution in [3.8, 4) is 11.6 Å². The second-order valence-corrected chi connectivity index (χ2v) is 8.84. The molecule has 5 nitrogen and oxygen atoms in total. The number of pyridine rings is 1. The van der Waals surface area contributed by atoms with E-state index in [0.29, 0.717) is 10.2 Å². The number of urea groups is 1. The van der Waals surface area contributed by atoms with E-state index in [-0.39, 0.29) is 27.8 Å². The SMILES string of the molecule is CC(C)(C)c1ccccc1Oc1nc(Cl)ccc1NC(=O)Nc1ccc(Br)cc1F. The highest BCUT2D eigenvalue weighted by Crippen LogP contribution is 2.36. The van der Waals surface area contributed by atoms with E-state index in [1.807, 2.05) is 24.3 Å². The van der Waals surface area contributed by atoms with Gasteiger partial charge < -0.3 is 15.4 Å². The van der Waals surface area contributed by atoms with Crippen LogP contribution < -0.4 is 15.4 Å². The molecule has 2 amide bonds. The standard InChI is InChI=1S/C22H20BrClFN3O2/c1-22(2,3)14-6-4-5-7-18(14)30-20-17(10-11-19(24)28-20)27-21(29)26-16-9-8-13(23)12-15(16)25/h4-12H,1-3H3,(H2,26,27,29). The molecule has 0 fully saturated rings. The van der Waals surface area contributed by atoms with Crippen LogP contribution >= 0.6 is 27.5 Å². The topological polar surface area (TPSA) is 63.2 Å². The number of benzene rings is 2. The molecule has 0 unspecified atom stereocenters. The van der Waals surface area contributed by atoms with E-state index in [4.69, 9.17) is 16.3 Å². The first-order valence-electron chi connectivity index (χ1n) is 9.10. The van der Waals surface area contributed by atoms with E-state index in [1.54, 1.807) is 12.1 Å². The monoisotopic (exact) mass is 491 g/mol. The van der Waals surface area contributed by atoms with Crippen molar-refractivity contribution in [2.75, 3.05) is 10.6 Å². The Kier molecular flexibility index (Phi) is 6.63. The third-order valence-corrected chi connectivity index (χ3v) is 4.86. The van der Waals surface area contributed by atoms with Crippen molar-refractivity contribution < 1.29 is 13.9 Å². The Labute approximate surface area is 187 Å². The van der Waals surface area contributed by atoms with Crippen molar-refractivity contribution >= 4 is 44.9 Å². The van der Waals surface area contributed by atoms with Crippen molar-refractivity contribution in [2.45, 2.75) is 26.2 Å². The van der Waals surface area contributed by atoms with Crippen LogP contribution in [-0.4, -0.2) is 11.0 Å². The summed E-state index contributed by atoms with van der Waals surface area (Å²) >= 11 is 9.22. The number of nitrogens with zero attached hydrogens (tertiary/aromatic N) is 1. The number of rotatable bonds is 4. The van der Waals surface area contributed by atoms with Crippen molar-refractivity contribution in [1.29, 1.82) is 0 Å². The van der Waals surface area contributed by atoms with Gasteiger partial charge in [-0.25, -0.2) is 9.18 Å². The van der Waals surface area contributed by atoms with Crippen molar-refractivity contribution in [3.63, 3.8) is 0 Å². The smallest absolute Gasteiger partial charge is 0.323 e. The summed E-state index contributed by atoms with van der Waals surface area (Å²) in [7, 11) is 0. The Morgan fingerprint density at radius 3 is 2.43 bits per heavy atom. The van der Waals surface area contributed by atoms with Crippen LogP contribution in [0.25, 0.3) is 0 Å². The number of hydrogen-bond acceptors (Lipinski definition) is 3. The summed E-state index contributed by atoms with van der Waals surface area (Å²) in [6.07, 6.45) is 0. The van der Waals surface area contributed by atoms with Gasteiger partial charge in [0.25, 0.3) is 0 Å². The van der Waals surface area contributed by atoms with Crippen LogP contribution in [0.15, 0.2) is 59.1 Å². The van der Waals surface area contributed by atoms with Crippen molar-refractivity contribution in [1.82, 2.24) is 4.98 Å². The van der Waals surface area contributed by atoms with Crippen molar-refractivity contribution in [3.05, 3.63) is 75.6 Å². The zero-order chi connectivity index (χ0) is 21.9. The van der Waals surface area contributed by atoms with E-state index in [0.717, 1.165) is 5.56 Å². The maximum absolute atomic E-state index is 14.0. The Morgan fingerprint density at radius 2 is 1.73 bits per heavy atom. The van der Waals surface area contributed by atoms with E-state index >= 15 is 0 Å². The lowest BCUT2D eigenvalue weighted by atomic mass is 9.86. The van der Waals surface area contributed by atoms with Crippen LogP contribution in [-0.2, 0) is 5.41 Å². The number of carbonyl (C=O) groups is 1. The lowest BCUT2D eigenvalue weighted by Crippen LogP contribution is -2.20. The molecule has 2 N–H and O–H groups in total. The minimum atomic E-state index is -0.644. The van der Waals surface area contributed by atoms with Crippen LogP contribution in [0.4, 0.5) is 20.6 Å². The highest BCUT2D eigenvalue weighted by atomic mass is 79.9. The second kappa shape index (κ2) is 9.02. The Bertz CT molecular complexity index is 1090. The molecule has 0 aliphatic rings. The molecule has 30 heavy (non-hydrogen) atoms. The highest BCUT2D eigenvalue weighted by Gasteiger charge is 2.20. The number of anilines is 2. The van der Waals surface area contributed by atoms with Gasteiger partial charge in [-0.05, 0) is 41.8 Å². The third-order valence-electron chi connectivity index (χ3n) is 4.16. The summed E-state index contributed by atoms with van der Waals surface area (Å²) in [5, 5.41) is 5.31. The van der Waals surface area contributed by atoms with Gasteiger partial charge in [0.05, 0.1) is 5.69 Å². The number of halogens is 3. The highest BCUT2D eigenvalue weighted by molar-refractivity contribution is 9.10. The largest absolute Gasteiger partial charge is 0.437 e. The maximum Gasteiger partial charge on any atom is 0.323 e. The molecule has 0 saturated carbocycles. The van der Waals surface area contributed by atoms with Gasteiger partial charge in [-0.2, -0.15) is 4.98 Å². The number of hydrogen-bond donors (Lipinski definition) is 2. The molecule has 1 aromatic heterocycles. The zero-order valence-electron chi connectivity index (χ0n) is 16.6. The van der Waals surface area contributed by atoms with Crippen LogP contribution in [0.5, 0.6) is 11.6 Å². The van der Waals surface area contributed by atoms with Crippen LogP contribution in [0, 0.1) is 5.82 Å². The summed E-state index contributed by atoms with van der Waals surface area (Å²) in [5.41, 5.74) is 1.13. The normalized spacial score (nSPS) is 11.1. The van der Waals surface area contributed by atoms with Gasteiger partial charge in [-0.3, -0.25) is 0 Å². The molecule has 0 spiro atoms. The summed E-state index contributed by atoms with van der Waals surface area (Å²) < 4.78 is 20.6. The fourth-order valence-electron chi connectivity index (χ4n) is 2.74. The van der Waals surface area contributed by atoms with Crippen LogP contribution in [0.1, 0.15) is 26.3 Å². The predicted molar refractivity (Wildman–Crippen MR) is 121 cm³/mol. The zero-order valence-corrected chi connectivity index (χ0v) is 18.9. The predicted octanol–water partition coefficient (Wildman–Crippen LogP) is 7.37. The number of carbonyl (C=O) groups excluding carboxylic acids is 1. The van der Waals surface area contributed by atoms with Gasteiger partial charge in [-0.15, -0.1) is 0 Å². The molecule has 2 aromatic carbocycles. The van der Waals surface area contributed by atoms with E-state index in [1.165, 1.54) is 18.2 Å². The number of aromatic nitrogens is 1. The molecule has 3 aromatic rings. The molecule has 0 radical (unpaired) electrons. The van der Waals surface area contributed by atoms with Gasteiger partial charge in [0.1, 0.15) is 22.4 Å². The van der Waals surface area contributed by atoms with Gasteiger partial charge in [0.15, 0.2) is 0 Å². The molecule has 3 rings (SSSR count). The summed E-state index contributed by atoms with van der Waals surface area (Å²) in [6.45, 7) is 6.21. The van der Waals surface area contributed by atoms with E-state index in [2.05, 4.69) is 52.3 Å². The lowest BCUT2D eigenvalue weighted by molar-refractivity contribution is 0.262. The minimum absolute atomic E-state index is 0.0400. The first kappa shape index (κ1) is 22.1. The number of para-hydroxylation sites is 1. The minimum Gasteiger partial charge on any atom is -0.437 e. The molecular weight excluding hydrogens is 473 g/mol. The maximum atomic E-state index is 14.0. The molecular formula is C22H20BrClFN3O2. The van der Waals surface area contributed by atoms with Gasteiger partial charge >= 0.3 is 6.03 Å². The lowest BCUT2D eigenvalue weighted by Gasteiger charge is -2.22. The summed E-state index contributed by atoms with van der Waals surface area (Å²) in [4.78, 5) is 16.6. The van der Waals surface area contributed by atoms with Gasteiger partial charge in [0.2, 0.25) is 5.88 Å². The second-order valence-electron chi connectivity index (χ2n) is 7.54. The molecule has 0 aliphatic heterocycles. The average molecular weight is 493 g/mol. The molecule has 0 bridgehead atoms. The van der Waals surface area contributed by atoms with E-state index < -0.39 is 11.8 Å². The Balaban J connectivity index is 1.85. The third kappa shape index (κ3) is 5.49. The molecule has 156 valence electrons. The van der Waals surface area contributed by atoms with E-state index in [9.17, 15) is 9.18 Å². The Hall–Kier alpha value is -2.64.